The third kappa shape index (κ3) is 1.43. The van der Waals surface area contributed by atoms with Crippen LogP contribution in [-0.2, 0) is 29.3 Å². The van der Waals surface area contributed by atoms with Crippen molar-refractivity contribution in [3.05, 3.63) is 0 Å². The van der Waals surface area contributed by atoms with Crippen LogP contribution in [0.15, 0.2) is 0 Å². The summed E-state index contributed by atoms with van der Waals surface area (Å²) in [6.07, 6.45) is 8.43. The zero-order chi connectivity index (χ0) is 11.4. The van der Waals surface area contributed by atoms with Gasteiger partial charge in [0.05, 0.1) is 0 Å². The average molecular weight is 244 g/mol. The van der Waals surface area contributed by atoms with Gasteiger partial charge in [-0.25, -0.2) is 0 Å². The van der Waals surface area contributed by atoms with Crippen molar-refractivity contribution in [3.63, 3.8) is 0 Å². The zero-order valence-corrected chi connectivity index (χ0v) is 9.61. The van der Waals surface area contributed by atoms with Gasteiger partial charge in [0.2, 0.25) is 0 Å². The van der Waals surface area contributed by atoms with Crippen LogP contribution in [0.1, 0.15) is 51.4 Å². The summed E-state index contributed by atoms with van der Waals surface area (Å²) in [6.45, 7) is 0. The molecule has 6 nitrogen and oxygen atoms in total. The van der Waals surface area contributed by atoms with Gasteiger partial charge in [0.1, 0.15) is 0 Å². The predicted octanol–water partition coefficient (Wildman–Crippen LogP) is 2.10. The highest BCUT2D eigenvalue weighted by atomic mass is 17.5. The molecule has 3 saturated heterocycles. The van der Waals surface area contributed by atoms with Gasteiger partial charge in [-0.05, 0) is 12.8 Å². The van der Waals surface area contributed by atoms with Crippen LogP contribution in [0.2, 0.25) is 0 Å². The molecule has 0 aromatic rings. The molecule has 17 heavy (non-hydrogen) atoms. The van der Waals surface area contributed by atoms with E-state index in [1.165, 1.54) is 25.7 Å². The van der Waals surface area contributed by atoms with Crippen molar-refractivity contribution in [3.8, 4) is 0 Å². The molecule has 3 spiro atoms. The minimum absolute atomic E-state index is 0.751. The van der Waals surface area contributed by atoms with E-state index < -0.39 is 17.4 Å². The molecule has 4 fully saturated rings. The third-order valence-electron chi connectivity index (χ3n) is 4.08. The molecule has 96 valence electrons. The lowest BCUT2D eigenvalue weighted by atomic mass is 9.92. The van der Waals surface area contributed by atoms with Crippen molar-refractivity contribution in [2.45, 2.75) is 68.7 Å². The maximum absolute atomic E-state index is 5.17. The molecule has 0 radical (unpaired) electrons. The smallest absolute Gasteiger partial charge is 0.188 e. The van der Waals surface area contributed by atoms with Gasteiger partial charge in [-0.15, -0.1) is 0 Å². The monoisotopic (exact) mass is 244 g/mol. The van der Waals surface area contributed by atoms with Crippen molar-refractivity contribution in [1.82, 2.24) is 0 Å². The SMILES string of the molecule is C1CCCCC2(OO2)C2(OO2)C2(CCC1)OO2. The van der Waals surface area contributed by atoms with Gasteiger partial charge in [0.15, 0.2) is 0 Å². The summed E-state index contributed by atoms with van der Waals surface area (Å²) in [5.41, 5.74) is 0. The minimum atomic E-state index is -0.996. The molecule has 0 aromatic heterocycles. The maximum Gasteiger partial charge on any atom is 0.350 e. The van der Waals surface area contributed by atoms with Crippen molar-refractivity contribution in [1.29, 1.82) is 0 Å². The Balaban J connectivity index is 1.58. The molecule has 0 amide bonds. The van der Waals surface area contributed by atoms with E-state index in [9.17, 15) is 0 Å². The van der Waals surface area contributed by atoms with Crippen molar-refractivity contribution in [2.24, 2.45) is 0 Å². The highest BCUT2D eigenvalue weighted by Crippen LogP contribution is 2.66. The molecule has 0 aromatic carbocycles. The second-order valence-electron chi connectivity index (χ2n) is 5.24. The highest BCUT2D eigenvalue weighted by Gasteiger charge is 2.91. The van der Waals surface area contributed by atoms with E-state index in [-0.39, 0.29) is 0 Å². The van der Waals surface area contributed by atoms with Crippen LogP contribution < -0.4 is 0 Å². The number of hydrogen-bond acceptors (Lipinski definition) is 6. The fourth-order valence-corrected chi connectivity index (χ4v) is 2.82. The van der Waals surface area contributed by atoms with Crippen molar-refractivity contribution in [2.75, 3.05) is 0 Å². The summed E-state index contributed by atoms with van der Waals surface area (Å²) in [5.74, 6) is -2.62. The molecule has 0 N–H and O–H groups in total. The Morgan fingerprint density at radius 3 is 1.24 bits per heavy atom. The number of rotatable bonds is 0. The molecule has 0 unspecified atom stereocenters. The Morgan fingerprint density at radius 1 is 0.471 bits per heavy atom. The second-order valence-corrected chi connectivity index (χ2v) is 5.24. The Bertz CT molecular complexity index is 290. The van der Waals surface area contributed by atoms with Crippen LogP contribution in [0.3, 0.4) is 0 Å². The van der Waals surface area contributed by atoms with E-state index in [1.54, 1.807) is 0 Å². The molecule has 0 bridgehead atoms. The Kier molecular flexibility index (Phi) is 2.13. The van der Waals surface area contributed by atoms with Crippen molar-refractivity contribution >= 4 is 0 Å². The van der Waals surface area contributed by atoms with Gasteiger partial charge in [-0.3, -0.25) is 0 Å². The van der Waals surface area contributed by atoms with E-state index in [2.05, 4.69) is 0 Å². The molecule has 6 heteroatoms. The summed E-state index contributed by atoms with van der Waals surface area (Å²) in [7, 11) is 0. The van der Waals surface area contributed by atoms with E-state index in [4.69, 9.17) is 29.3 Å². The standard InChI is InChI=1S/C11H16O6/c1-2-4-6-8-10(14-15-10)11(16-17-11)9(12-13-9)7-5-3-1/h1-8H2. The van der Waals surface area contributed by atoms with Gasteiger partial charge in [0.25, 0.3) is 11.6 Å². The Morgan fingerprint density at radius 2 is 0.882 bits per heavy atom. The molecule has 4 aliphatic rings. The van der Waals surface area contributed by atoms with Crippen LogP contribution in [0.25, 0.3) is 0 Å². The van der Waals surface area contributed by atoms with Gasteiger partial charge in [-0.1, -0.05) is 25.7 Å². The summed E-state index contributed by atoms with van der Waals surface area (Å²) >= 11 is 0. The third-order valence-corrected chi connectivity index (χ3v) is 4.08. The molecule has 4 rings (SSSR count). The summed E-state index contributed by atoms with van der Waals surface area (Å²) in [4.78, 5) is 30.9. The fraction of sp³-hybridized carbons (Fsp3) is 1.00. The lowest BCUT2D eigenvalue weighted by Crippen LogP contribution is -2.46. The summed E-state index contributed by atoms with van der Waals surface area (Å²) < 4.78 is 0. The van der Waals surface area contributed by atoms with E-state index >= 15 is 0 Å². The molecule has 0 atom stereocenters. The van der Waals surface area contributed by atoms with Crippen LogP contribution in [-0.4, -0.2) is 17.4 Å². The lowest BCUT2D eigenvalue weighted by Gasteiger charge is -2.14. The maximum atomic E-state index is 5.17. The first-order valence-electron chi connectivity index (χ1n) is 6.43. The molecule has 1 aliphatic carbocycles. The first kappa shape index (κ1) is 10.7. The largest absolute Gasteiger partial charge is 0.350 e. The summed E-state index contributed by atoms with van der Waals surface area (Å²) in [6, 6.07) is 0. The first-order valence-corrected chi connectivity index (χ1v) is 6.43. The predicted molar refractivity (Wildman–Crippen MR) is 51.6 cm³/mol. The molecule has 3 aliphatic heterocycles. The Labute approximate surface area is 98.8 Å². The lowest BCUT2D eigenvalue weighted by molar-refractivity contribution is 0.0540. The molecule has 1 saturated carbocycles. The molecular weight excluding hydrogens is 228 g/mol. The fourth-order valence-electron chi connectivity index (χ4n) is 2.82. The second kappa shape index (κ2) is 3.40. The van der Waals surface area contributed by atoms with E-state index in [0.29, 0.717) is 0 Å². The van der Waals surface area contributed by atoms with Crippen LogP contribution >= 0.6 is 0 Å². The zero-order valence-electron chi connectivity index (χ0n) is 9.61. The van der Waals surface area contributed by atoms with Gasteiger partial charge in [-0.2, -0.15) is 29.3 Å². The quantitative estimate of drug-likeness (QED) is 0.479. The van der Waals surface area contributed by atoms with Gasteiger partial charge < -0.3 is 0 Å². The van der Waals surface area contributed by atoms with Gasteiger partial charge in [0, 0.05) is 12.8 Å². The van der Waals surface area contributed by atoms with E-state index in [0.717, 1.165) is 25.7 Å². The van der Waals surface area contributed by atoms with Crippen molar-refractivity contribution < 1.29 is 29.3 Å². The highest BCUT2D eigenvalue weighted by molar-refractivity contribution is 5.08. The average Bonchev–Trinajstić information content (AvgIpc) is 3.17. The molecule has 3 heterocycles. The van der Waals surface area contributed by atoms with E-state index in [1.807, 2.05) is 0 Å². The Hall–Kier alpha value is -0.240. The summed E-state index contributed by atoms with van der Waals surface area (Å²) in [5, 5.41) is 0. The van der Waals surface area contributed by atoms with Crippen LogP contribution in [0, 0.1) is 0 Å². The molecular formula is C11H16O6. The van der Waals surface area contributed by atoms with Gasteiger partial charge >= 0.3 is 5.79 Å². The topological polar surface area (TPSA) is 75.2 Å². The number of hydrogen-bond donors (Lipinski definition) is 0. The number of fused-ring (bicyclic) bond motifs is 2. The first-order chi connectivity index (χ1) is 8.33. The van der Waals surface area contributed by atoms with Crippen LogP contribution in [0.5, 0.6) is 0 Å². The normalized spacial score (nSPS) is 36.7. The van der Waals surface area contributed by atoms with Crippen LogP contribution in [0.4, 0.5) is 0 Å². The minimum Gasteiger partial charge on any atom is -0.188 e.